The van der Waals surface area contributed by atoms with Crippen LogP contribution in [0.2, 0.25) is 5.02 Å². The number of carbonyl (C=O) groups excluding carboxylic acids is 2. The maximum Gasteiger partial charge on any atom is 0.262 e. The van der Waals surface area contributed by atoms with Crippen molar-refractivity contribution in [3.8, 4) is 0 Å². The number of thioether (sulfide) groups is 1. The van der Waals surface area contributed by atoms with E-state index in [2.05, 4.69) is 10.9 Å². The van der Waals surface area contributed by atoms with Crippen molar-refractivity contribution < 1.29 is 14.0 Å². The van der Waals surface area contributed by atoms with Crippen molar-refractivity contribution in [3.63, 3.8) is 0 Å². The first kappa shape index (κ1) is 18.0. The second kappa shape index (κ2) is 9.10. The zero-order valence-corrected chi connectivity index (χ0v) is 14.0. The number of benzene rings is 2. The number of nitrogens with one attached hydrogen (secondary N) is 2. The number of hydrazine groups is 1. The quantitative estimate of drug-likeness (QED) is 0.485. The van der Waals surface area contributed by atoms with Gasteiger partial charge in [0.25, 0.3) is 5.91 Å². The molecule has 2 aromatic carbocycles. The molecular weight excluding hydrogens is 351 g/mol. The van der Waals surface area contributed by atoms with Gasteiger partial charge >= 0.3 is 0 Å². The molecule has 0 atom stereocenters. The van der Waals surface area contributed by atoms with Gasteiger partial charge in [-0.2, -0.15) is 0 Å². The fourth-order valence-electron chi connectivity index (χ4n) is 1.70. The molecule has 0 saturated heterocycles. The summed E-state index contributed by atoms with van der Waals surface area (Å²) in [7, 11) is 0. The van der Waals surface area contributed by atoms with Gasteiger partial charge in [-0.15, -0.1) is 11.8 Å². The highest BCUT2D eigenvalue weighted by Gasteiger charge is 2.06. The van der Waals surface area contributed by atoms with Crippen LogP contribution in [0, 0.1) is 5.82 Å². The first-order valence-corrected chi connectivity index (χ1v) is 8.31. The molecule has 0 heterocycles. The van der Waals surface area contributed by atoms with Gasteiger partial charge in [-0.25, -0.2) is 4.39 Å². The molecule has 0 radical (unpaired) electrons. The molecule has 0 fully saturated rings. The molecule has 0 aromatic heterocycles. The molecule has 2 amide bonds. The Balaban J connectivity index is 1.75. The lowest BCUT2D eigenvalue weighted by Gasteiger charge is -2.05. The summed E-state index contributed by atoms with van der Waals surface area (Å²) in [6.07, 6.45) is 2.84. The summed E-state index contributed by atoms with van der Waals surface area (Å²) >= 11 is 6.89. The van der Waals surface area contributed by atoms with Crippen LogP contribution in [-0.2, 0) is 9.59 Å². The second-order valence-corrected chi connectivity index (χ2v) is 6.10. The predicted octanol–water partition coefficient (Wildman–Crippen LogP) is 3.43. The third-order valence-corrected chi connectivity index (χ3v) is 4.08. The molecule has 0 saturated carbocycles. The highest BCUT2D eigenvalue weighted by molar-refractivity contribution is 8.00. The molecule has 0 aliphatic carbocycles. The third kappa shape index (κ3) is 6.06. The van der Waals surface area contributed by atoms with Gasteiger partial charge in [-0.05, 0) is 35.9 Å². The molecular formula is C17H14ClFN2O2S. The van der Waals surface area contributed by atoms with Gasteiger partial charge in [0.15, 0.2) is 0 Å². The Morgan fingerprint density at radius 1 is 1.12 bits per heavy atom. The maximum atomic E-state index is 13.4. The van der Waals surface area contributed by atoms with Crippen molar-refractivity contribution in [2.75, 3.05) is 5.75 Å². The van der Waals surface area contributed by atoms with E-state index in [1.54, 1.807) is 48.5 Å². The van der Waals surface area contributed by atoms with Crippen LogP contribution in [-0.4, -0.2) is 17.6 Å². The van der Waals surface area contributed by atoms with E-state index < -0.39 is 11.8 Å². The molecule has 0 aliphatic rings. The number of rotatable bonds is 5. The minimum Gasteiger partial charge on any atom is -0.272 e. The smallest absolute Gasteiger partial charge is 0.262 e. The summed E-state index contributed by atoms with van der Waals surface area (Å²) in [6.45, 7) is 0. The zero-order chi connectivity index (χ0) is 17.4. The van der Waals surface area contributed by atoms with E-state index in [9.17, 15) is 14.0 Å². The standard InChI is InChI=1S/C17H14ClFN2O2S/c18-13-5-3-4-12(10-13)8-9-16(22)20-21-17(23)11-24-15-7-2-1-6-14(15)19/h1-10H,11H2,(H,20,22)(H,21,23)/b9-8+. The molecule has 0 bridgehead atoms. The summed E-state index contributed by atoms with van der Waals surface area (Å²) in [5.74, 6) is -1.32. The minimum atomic E-state index is -0.487. The van der Waals surface area contributed by atoms with Crippen molar-refractivity contribution in [2.24, 2.45) is 0 Å². The van der Waals surface area contributed by atoms with Crippen molar-refractivity contribution in [1.29, 1.82) is 0 Å². The number of hydrogen-bond donors (Lipinski definition) is 2. The van der Waals surface area contributed by atoms with Crippen molar-refractivity contribution in [1.82, 2.24) is 10.9 Å². The van der Waals surface area contributed by atoms with Crippen LogP contribution in [0.25, 0.3) is 6.08 Å². The average Bonchev–Trinajstić information content (AvgIpc) is 2.57. The van der Waals surface area contributed by atoms with Crippen molar-refractivity contribution in [2.45, 2.75) is 4.90 Å². The minimum absolute atomic E-state index is 0.0147. The predicted molar refractivity (Wildman–Crippen MR) is 93.9 cm³/mol. The van der Waals surface area contributed by atoms with Gasteiger partial charge in [0.05, 0.1) is 5.75 Å². The molecule has 4 nitrogen and oxygen atoms in total. The summed E-state index contributed by atoms with van der Waals surface area (Å²) < 4.78 is 13.4. The van der Waals surface area contributed by atoms with Gasteiger partial charge in [-0.3, -0.25) is 20.4 Å². The molecule has 24 heavy (non-hydrogen) atoms. The fraction of sp³-hybridized carbons (Fsp3) is 0.0588. The highest BCUT2D eigenvalue weighted by atomic mass is 35.5. The Labute approximate surface area is 148 Å². The fourth-order valence-corrected chi connectivity index (χ4v) is 2.63. The van der Waals surface area contributed by atoms with E-state index in [4.69, 9.17) is 11.6 Å². The first-order chi connectivity index (χ1) is 11.5. The average molecular weight is 365 g/mol. The summed E-state index contributed by atoms with van der Waals surface area (Å²) in [5.41, 5.74) is 5.28. The lowest BCUT2D eigenvalue weighted by atomic mass is 10.2. The molecule has 0 spiro atoms. The summed E-state index contributed by atoms with van der Waals surface area (Å²) in [4.78, 5) is 23.6. The molecule has 2 N–H and O–H groups in total. The summed E-state index contributed by atoms with van der Waals surface area (Å²) in [6, 6.07) is 13.2. The van der Waals surface area contributed by atoms with Crippen molar-refractivity contribution >= 4 is 41.3 Å². The Hall–Kier alpha value is -2.31. The first-order valence-electron chi connectivity index (χ1n) is 6.94. The highest BCUT2D eigenvalue weighted by Crippen LogP contribution is 2.20. The lowest BCUT2D eigenvalue weighted by molar-refractivity contribution is -0.125. The molecule has 2 aromatic rings. The third-order valence-electron chi connectivity index (χ3n) is 2.80. The van der Waals surface area contributed by atoms with Crippen molar-refractivity contribution in [3.05, 3.63) is 71.0 Å². The molecule has 2 rings (SSSR count). The van der Waals surface area contributed by atoms with Gasteiger partial charge in [0.1, 0.15) is 5.82 Å². The van der Waals surface area contributed by atoms with Crippen LogP contribution in [0.5, 0.6) is 0 Å². The molecule has 124 valence electrons. The van der Waals surface area contributed by atoms with E-state index in [-0.39, 0.29) is 11.6 Å². The van der Waals surface area contributed by atoms with Crippen LogP contribution in [0.4, 0.5) is 4.39 Å². The second-order valence-electron chi connectivity index (χ2n) is 4.64. The monoisotopic (exact) mass is 364 g/mol. The van der Waals surface area contributed by atoms with Gasteiger partial charge in [0.2, 0.25) is 5.91 Å². The topological polar surface area (TPSA) is 58.2 Å². The number of amides is 2. The van der Waals surface area contributed by atoms with E-state index in [1.165, 1.54) is 12.1 Å². The van der Waals surface area contributed by atoms with Crippen LogP contribution in [0.1, 0.15) is 5.56 Å². The zero-order valence-electron chi connectivity index (χ0n) is 12.5. The number of halogens is 2. The molecule has 7 heteroatoms. The lowest BCUT2D eigenvalue weighted by Crippen LogP contribution is -2.41. The van der Waals surface area contributed by atoms with Gasteiger partial charge < -0.3 is 0 Å². The Bertz CT molecular complexity index is 768. The SMILES string of the molecule is O=C(/C=C/c1cccc(Cl)c1)NNC(=O)CSc1ccccc1F. The Kier molecular flexibility index (Phi) is 6.84. The van der Waals surface area contributed by atoms with E-state index in [0.29, 0.717) is 9.92 Å². The van der Waals surface area contributed by atoms with Crippen LogP contribution in [0.15, 0.2) is 59.5 Å². The van der Waals surface area contributed by atoms with Gasteiger partial charge in [0, 0.05) is 16.0 Å². The Morgan fingerprint density at radius 2 is 1.92 bits per heavy atom. The normalized spacial score (nSPS) is 10.6. The molecule has 0 unspecified atom stereocenters. The van der Waals surface area contributed by atoms with E-state index in [1.807, 2.05) is 0 Å². The van der Waals surface area contributed by atoms with E-state index in [0.717, 1.165) is 17.3 Å². The number of hydrogen-bond acceptors (Lipinski definition) is 3. The summed E-state index contributed by atoms with van der Waals surface area (Å²) in [5, 5.41) is 0.566. The van der Waals surface area contributed by atoms with Gasteiger partial charge in [-0.1, -0.05) is 35.9 Å². The largest absolute Gasteiger partial charge is 0.272 e. The molecule has 0 aliphatic heterocycles. The maximum absolute atomic E-state index is 13.4. The van der Waals surface area contributed by atoms with E-state index >= 15 is 0 Å². The van der Waals surface area contributed by atoms with Crippen LogP contribution in [0.3, 0.4) is 0 Å². The van der Waals surface area contributed by atoms with Crippen LogP contribution >= 0.6 is 23.4 Å². The number of carbonyl (C=O) groups is 2. The Morgan fingerprint density at radius 3 is 2.67 bits per heavy atom. The van der Waals surface area contributed by atoms with Crippen LogP contribution < -0.4 is 10.9 Å².